The molecular weight excluding hydrogens is 400 g/mol. The summed E-state index contributed by atoms with van der Waals surface area (Å²) in [4.78, 5) is 7.31. The molecule has 0 unspecified atom stereocenters. The van der Waals surface area contributed by atoms with Crippen LogP contribution in [0.3, 0.4) is 0 Å². The van der Waals surface area contributed by atoms with Gasteiger partial charge in [-0.2, -0.15) is 4.31 Å². The summed E-state index contributed by atoms with van der Waals surface area (Å²) in [6.45, 7) is 6.01. The number of aryl methyl sites for hydroxylation is 1. The Morgan fingerprint density at radius 2 is 1.80 bits per heavy atom. The molecule has 4 rings (SSSR count). The lowest BCUT2D eigenvalue weighted by Crippen LogP contribution is -2.40. The fourth-order valence-corrected chi connectivity index (χ4v) is 5.35. The minimum absolute atomic E-state index is 0.293. The molecule has 8 heteroatoms. The Labute approximate surface area is 177 Å². The first-order chi connectivity index (χ1) is 14.5. The smallest absolute Gasteiger partial charge is 0.243 e. The third-order valence-corrected chi connectivity index (χ3v) is 7.32. The van der Waals surface area contributed by atoms with Crippen LogP contribution in [0.15, 0.2) is 53.4 Å². The second kappa shape index (κ2) is 8.85. The second-order valence-corrected chi connectivity index (χ2v) is 9.54. The number of aromatic nitrogens is 2. The molecule has 3 aromatic rings. The number of imidazole rings is 1. The average Bonchev–Trinajstić information content (AvgIpc) is 3.11. The summed E-state index contributed by atoms with van der Waals surface area (Å²) in [5.74, 6) is 0.937. The van der Waals surface area contributed by atoms with Gasteiger partial charge in [-0.3, -0.25) is 4.90 Å². The number of hydrogen-bond acceptors (Lipinski definition) is 5. The van der Waals surface area contributed by atoms with Gasteiger partial charge in [0.1, 0.15) is 5.82 Å². The Kier molecular flexibility index (Phi) is 6.19. The van der Waals surface area contributed by atoms with E-state index in [1.54, 1.807) is 12.1 Å². The molecule has 1 fully saturated rings. The van der Waals surface area contributed by atoms with Crippen LogP contribution in [0.25, 0.3) is 11.0 Å². The van der Waals surface area contributed by atoms with Crippen LogP contribution in [-0.4, -0.2) is 60.5 Å². The number of hydrogen-bond donors (Lipinski definition) is 0. The van der Waals surface area contributed by atoms with E-state index < -0.39 is 10.0 Å². The SMILES string of the molecule is CCn1c(CN(C)Cc2ccccc2)nc2cc(S(=O)(=O)N3CCOCC3)ccc21. The number of benzene rings is 2. The molecular formula is C22H28N4O3S. The lowest BCUT2D eigenvalue weighted by molar-refractivity contribution is 0.0730. The third kappa shape index (κ3) is 4.27. The summed E-state index contributed by atoms with van der Waals surface area (Å²) in [6, 6.07) is 15.6. The molecule has 0 atom stereocenters. The van der Waals surface area contributed by atoms with E-state index in [0.717, 1.165) is 24.4 Å². The van der Waals surface area contributed by atoms with Gasteiger partial charge >= 0.3 is 0 Å². The van der Waals surface area contributed by atoms with Crippen LogP contribution in [0.2, 0.25) is 0 Å². The predicted octanol–water partition coefficient (Wildman–Crippen LogP) is 2.71. The first-order valence-electron chi connectivity index (χ1n) is 10.3. The molecule has 0 N–H and O–H groups in total. The van der Waals surface area contributed by atoms with E-state index in [1.165, 1.54) is 9.87 Å². The Bertz CT molecular complexity index is 1110. The molecule has 0 bridgehead atoms. The highest BCUT2D eigenvalue weighted by Crippen LogP contribution is 2.24. The van der Waals surface area contributed by atoms with Crippen LogP contribution in [0.1, 0.15) is 18.3 Å². The molecule has 160 valence electrons. The molecule has 1 aliphatic rings. The van der Waals surface area contributed by atoms with E-state index in [2.05, 4.69) is 35.6 Å². The molecule has 0 amide bonds. The molecule has 1 aliphatic heterocycles. The van der Waals surface area contributed by atoms with Crippen molar-refractivity contribution in [2.45, 2.75) is 31.5 Å². The lowest BCUT2D eigenvalue weighted by atomic mass is 10.2. The number of nitrogens with zero attached hydrogens (tertiary/aromatic N) is 4. The summed E-state index contributed by atoms with van der Waals surface area (Å²) in [7, 11) is -1.46. The number of morpholine rings is 1. The normalized spacial score (nSPS) is 15.8. The summed E-state index contributed by atoms with van der Waals surface area (Å²) in [6.07, 6.45) is 0. The van der Waals surface area contributed by atoms with Crippen molar-refractivity contribution in [3.05, 3.63) is 59.9 Å². The highest BCUT2D eigenvalue weighted by Gasteiger charge is 2.27. The van der Waals surface area contributed by atoms with Crippen molar-refractivity contribution >= 4 is 21.1 Å². The predicted molar refractivity (Wildman–Crippen MR) is 117 cm³/mol. The Balaban J connectivity index is 1.60. The van der Waals surface area contributed by atoms with Gasteiger partial charge in [-0.25, -0.2) is 13.4 Å². The number of fused-ring (bicyclic) bond motifs is 1. The minimum atomic E-state index is -3.53. The number of sulfonamides is 1. The van der Waals surface area contributed by atoms with Crippen LogP contribution in [0, 0.1) is 0 Å². The van der Waals surface area contributed by atoms with E-state index in [0.29, 0.717) is 43.3 Å². The van der Waals surface area contributed by atoms with E-state index in [1.807, 2.05) is 24.3 Å². The fraction of sp³-hybridized carbons (Fsp3) is 0.409. The second-order valence-electron chi connectivity index (χ2n) is 7.60. The molecule has 7 nitrogen and oxygen atoms in total. The molecule has 0 saturated carbocycles. The zero-order valence-electron chi connectivity index (χ0n) is 17.5. The van der Waals surface area contributed by atoms with Gasteiger partial charge in [0.05, 0.1) is 35.7 Å². The van der Waals surface area contributed by atoms with E-state index in [-0.39, 0.29) is 0 Å². The molecule has 0 aliphatic carbocycles. The highest BCUT2D eigenvalue weighted by atomic mass is 32.2. The number of rotatable bonds is 7. The van der Waals surface area contributed by atoms with E-state index in [4.69, 9.17) is 9.72 Å². The maximum atomic E-state index is 13.0. The van der Waals surface area contributed by atoms with Gasteiger partial charge in [-0.1, -0.05) is 30.3 Å². The fourth-order valence-electron chi connectivity index (χ4n) is 3.92. The molecule has 1 aromatic heterocycles. The maximum absolute atomic E-state index is 13.0. The summed E-state index contributed by atoms with van der Waals surface area (Å²) >= 11 is 0. The van der Waals surface area contributed by atoms with Crippen molar-refractivity contribution < 1.29 is 13.2 Å². The largest absolute Gasteiger partial charge is 0.379 e. The maximum Gasteiger partial charge on any atom is 0.243 e. The summed E-state index contributed by atoms with van der Waals surface area (Å²) in [5, 5.41) is 0. The Hall–Kier alpha value is -2.26. The van der Waals surface area contributed by atoms with Gasteiger partial charge in [0.2, 0.25) is 10.0 Å². The van der Waals surface area contributed by atoms with Crippen molar-refractivity contribution in [3.63, 3.8) is 0 Å². The average molecular weight is 429 g/mol. The van der Waals surface area contributed by atoms with Crippen molar-refractivity contribution in [1.29, 1.82) is 0 Å². The standard InChI is InChI=1S/C22H28N4O3S/c1-3-26-21-10-9-19(30(27,28)25-11-13-29-14-12-25)15-20(21)23-22(26)17-24(2)16-18-7-5-4-6-8-18/h4-10,15H,3,11-14,16-17H2,1-2H3. The Morgan fingerprint density at radius 1 is 1.07 bits per heavy atom. The van der Waals surface area contributed by atoms with Crippen molar-refractivity contribution in [1.82, 2.24) is 18.8 Å². The van der Waals surface area contributed by atoms with E-state index in [9.17, 15) is 8.42 Å². The molecule has 0 spiro atoms. The first-order valence-corrected chi connectivity index (χ1v) is 11.7. The van der Waals surface area contributed by atoms with Crippen LogP contribution in [-0.2, 0) is 34.4 Å². The number of ether oxygens (including phenoxy) is 1. The Morgan fingerprint density at radius 3 is 2.50 bits per heavy atom. The van der Waals surface area contributed by atoms with Crippen LogP contribution >= 0.6 is 0 Å². The molecule has 2 heterocycles. The topological polar surface area (TPSA) is 67.7 Å². The van der Waals surface area contributed by atoms with Crippen LogP contribution in [0.5, 0.6) is 0 Å². The van der Waals surface area contributed by atoms with Gasteiger partial charge in [-0.05, 0) is 37.7 Å². The van der Waals surface area contributed by atoms with Gasteiger partial charge in [0.25, 0.3) is 0 Å². The van der Waals surface area contributed by atoms with Gasteiger partial charge in [-0.15, -0.1) is 0 Å². The quantitative estimate of drug-likeness (QED) is 0.579. The summed E-state index contributed by atoms with van der Waals surface area (Å²) in [5.41, 5.74) is 2.92. The molecule has 30 heavy (non-hydrogen) atoms. The van der Waals surface area contributed by atoms with Crippen molar-refractivity contribution in [2.75, 3.05) is 33.4 Å². The van der Waals surface area contributed by atoms with Crippen molar-refractivity contribution in [3.8, 4) is 0 Å². The van der Waals surface area contributed by atoms with Gasteiger partial charge in [0.15, 0.2) is 0 Å². The lowest BCUT2D eigenvalue weighted by Gasteiger charge is -2.26. The first kappa shape index (κ1) is 21.0. The van der Waals surface area contributed by atoms with E-state index >= 15 is 0 Å². The molecule has 1 saturated heterocycles. The van der Waals surface area contributed by atoms with Gasteiger partial charge in [0, 0.05) is 26.2 Å². The minimum Gasteiger partial charge on any atom is -0.379 e. The zero-order chi connectivity index (χ0) is 21.1. The summed E-state index contributed by atoms with van der Waals surface area (Å²) < 4.78 is 34.9. The van der Waals surface area contributed by atoms with Crippen molar-refractivity contribution in [2.24, 2.45) is 0 Å². The highest BCUT2D eigenvalue weighted by molar-refractivity contribution is 7.89. The van der Waals surface area contributed by atoms with Crippen LogP contribution in [0.4, 0.5) is 0 Å². The van der Waals surface area contributed by atoms with Gasteiger partial charge < -0.3 is 9.30 Å². The third-order valence-electron chi connectivity index (χ3n) is 5.43. The zero-order valence-corrected chi connectivity index (χ0v) is 18.3. The molecule has 0 radical (unpaired) electrons. The molecule has 2 aromatic carbocycles. The van der Waals surface area contributed by atoms with Crippen LogP contribution < -0.4 is 0 Å². The monoisotopic (exact) mass is 428 g/mol.